The number of halogens is 4. The van der Waals surface area contributed by atoms with E-state index in [1.807, 2.05) is 0 Å². The maximum atomic E-state index is 14.4. The van der Waals surface area contributed by atoms with Gasteiger partial charge in [0.2, 0.25) is 0 Å². The highest BCUT2D eigenvalue weighted by Gasteiger charge is 2.30. The minimum Gasteiger partial charge on any atom is -0.490 e. The lowest BCUT2D eigenvalue weighted by Gasteiger charge is -2.26. The average Bonchev–Trinajstić information content (AvgIpc) is 2.81. The van der Waals surface area contributed by atoms with Gasteiger partial charge in [-0.15, -0.1) is 0 Å². The van der Waals surface area contributed by atoms with Crippen molar-refractivity contribution in [2.24, 2.45) is 5.92 Å². The van der Waals surface area contributed by atoms with Gasteiger partial charge in [-0.25, -0.2) is 4.39 Å². The molecule has 0 spiro atoms. The molecule has 0 saturated heterocycles. The number of nitrogens with one attached hydrogen (secondary N) is 2. The Labute approximate surface area is 198 Å². The molecule has 188 valence electrons. The van der Waals surface area contributed by atoms with Crippen LogP contribution in [0.2, 0.25) is 0 Å². The van der Waals surface area contributed by atoms with Crippen LogP contribution in [-0.2, 0) is 11.0 Å². The quantitative estimate of drug-likeness (QED) is 0.378. The Balaban J connectivity index is 1.43. The summed E-state index contributed by atoms with van der Waals surface area (Å²) in [4.78, 5) is 35.3. The number of alkyl halides is 3. The summed E-state index contributed by atoms with van der Waals surface area (Å²) in [6.45, 7) is -0.0524. The Morgan fingerprint density at radius 2 is 1.51 bits per heavy atom. The van der Waals surface area contributed by atoms with E-state index in [2.05, 4.69) is 10.6 Å². The van der Waals surface area contributed by atoms with Crippen LogP contribution in [-0.4, -0.2) is 42.1 Å². The molecule has 0 atom stereocenters. The molecule has 2 amide bonds. The van der Waals surface area contributed by atoms with Crippen molar-refractivity contribution in [2.45, 2.75) is 38.0 Å². The lowest BCUT2D eigenvalue weighted by atomic mass is 9.87. The second-order valence-electron chi connectivity index (χ2n) is 8.16. The van der Waals surface area contributed by atoms with Crippen molar-refractivity contribution in [1.82, 2.24) is 10.6 Å². The van der Waals surface area contributed by atoms with Gasteiger partial charge in [-0.2, -0.15) is 13.2 Å². The molecule has 35 heavy (non-hydrogen) atoms. The molecule has 2 aromatic rings. The summed E-state index contributed by atoms with van der Waals surface area (Å²) < 4.78 is 57.9. The fraction of sp³-hybridized carbons (Fsp3) is 0.375. The van der Waals surface area contributed by atoms with Crippen LogP contribution in [0.3, 0.4) is 0 Å². The first-order valence-electron chi connectivity index (χ1n) is 11.0. The molecule has 3 N–H and O–H groups in total. The highest BCUT2D eigenvalue weighted by molar-refractivity contribution is 5.95. The maximum absolute atomic E-state index is 14.4. The molecule has 1 fully saturated rings. The molecule has 0 bridgehead atoms. The van der Waals surface area contributed by atoms with E-state index in [0.29, 0.717) is 25.7 Å². The van der Waals surface area contributed by atoms with Gasteiger partial charge in [-0.1, -0.05) is 0 Å². The van der Waals surface area contributed by atoms with Crippen LogP contribution in [0.15, 0.2) is 42.5 Å². The number of carboxylic acids is 1. The predicted molar refractivity (Wildman–Crippen MR) is 117 cm³/mol. The van der Waals surface area contributed by atoms with Gasteiger partial charge in [0.15, 0.2) is 0 Å². The first-order chi connectivity index (χ1) is 16.5. The molecule has 0 unspecified atom stereocenters. The summed E-state index contributed by atoms with van der Waals surface area (Å²) in [5, 5.41) is 14.0. The molecule has 0 radical (unpaired) electrons. The molecule has 1 aliphatic rings. The van der Waals surface area contributed by atoms with Crippen molar-refractivity contribution in [3.63, 3.8) is 0 Å². The van der Waals surface area contributed by atoms with Crippen LogP contribution in [0, 0.1) is 11.7 Å². The first-order valence-corrected chi connectivity index (χ1v) is 11.0. The highest BCUT2D eigenvalue weighted by atomic mass is 19.4. The van der Waals surface area contributed by atoms with Crippen LogP contribution in [0.25, 0.3) is 0 Å². The van der Waals surface area contributed by atoms with E-state index in [0.717, 1.165) is 30.3 Å². The van der Waals surface area contributed by atoms with E-state index in [1.54, 1.807) is 0 Å². The monoisotopic (exact) mass is 496 g/mol. The minimum absolute atomic E-state index is 0.0204. The number of hydrogen-bond acceptors (Lipinski definition) is 4. The number of carboxylic acid groups (broad SMARTS) is 1. The van der Waals surface area contributed by atoms with Gasteiger partial charge in [-0.3, -0.25) is 14.4 Å². The topological polar surface area (TPSA) is 105 Å². The van der Waals surface area contributed by atoms with Gasteiger partial charge >= 0.3 is 12.1 Å². The Morgan fingerprint density at radius 3 is 2.06 bits per heavy atom. The molecule has 0 heterocycles. The fourth-order valence-corrected chi connectivity index (χ4v) is 3.73. The van der Waals surface area contributed by atoms with Crippen LogP contribution in [0.1, 0.15) is 52.0 Å². The summed E-state index contributed by atoms with van der Waals surface area (Å²) in [7, 11) is 0. The molecule has 1 aliphatic carbocycles. The van der Waals surface area contributed by atoms with E-state index in [-0.39, 0.29) is 36.1 Å². The van der Waals surface area contributed by atoms with Gasteiger partial charge in [0.1, 0.15) is 11.6 Å². The predicted octanol–water partition coefficient (Wildman–Crippen LogP) is 4.03. The molecule has 2 aromatic carbocycles. The summed E-state index contributed by atoms with van der Waals surface area (Å²) in [5.74, 6) is -3.10. The van der Waals surface area contributed by atoms with E-state index < -0.39 is 41.3 Å². The molecule has 3 rings (SSSR count). The molecule has 1 saturated carbocycles. The van der Waals surface area contributed by atoms with Gasteiger partial charge in [0, 0.05) is 24.7 Å². The largest absolute Gasteiger partial charge is 0.490 e. The number of ether oxygens (including phenoxy) is 1. The smallest absolute Gasteiger partial charge is 0.416 e. The summed E-state index contributed by atoms with van der Waals surface area (Å²) >= 11 is 0. The number of carbonyl (C=O) groups is 3. The Kier molecular flexibility index (Phi) is 8.31. The van der Waals surface area contributed by atoms with Gasteiger partial charge in [0.05, 0.1) is 23.1 Å². The Hall–Kier alpha value is -3.63. The second-order valence-corrected chi connectivity index (χ2v) is 8.16. The van der Waals surface area contributed by atoms with Crippen molar-refractivity contribution in [3.8, 4) is 5.75 Å². The van der Waals surface area contributed by atoms with E-state index >= 15 is 0 Å². The third-order valence-electron chi connectivity index (χ3n) is 5.68. The molecule has 7 nitrogen and oxygen atoms in total. The first kappa shape index (κ1) is 26.0. The number of rotatable bonds is 8. The van der Waals surface area contributed by atoms with Crippen LogP contribution >= 0.6 is 0 Å². The summed E-state index contributed by atoms with van der Waals surface area (Å²) in [6.07, 6.45) is -2.67. The molecule has 11 heteroatoms. The highest BCUT2D eigenvalue weighted by Crippen LogP contribution is 2.29. The molecular weight excluding hydrogens is 472 g/mol. The lowest BCUT2D eigenvalue weighted by molar-refractivity contribution is -0.143. The van der Waals surface area contributed by atoms with Crippen LogP contribution in [0.5, 0.6) is 5.75 Å². The van der Waals surface area contributed by atoms with E-state index in [4.69, 9.17) is 9.84 Å². The lowest BCUT2D eigenvalue weighted by Crippen LogP contribution is -2.35. The SMILES string of the molecule is O=C(NCCNC(=O)c1ccc(OC2CCC(C(=O)O)CC2)cc1F)c1ccc(C(F)(F)F)cc1. The van der Waals surface area contributed by atoms with E-state index in [9.17, 15) is 31.9 Å². The minimum atomic E-state index is -4.50. The van der Waals surface area contributed by atoms with Crippen molar-refractivity contribution < 1.29 is 41.8 Å². The zero-order valence-corrected chi connectivity index (χ0v) is 18.5. The van der Waals surface area contributed by atoms with Crippen molar-refractivity contribution in [3.05, 3.63) is 65.0 Å². The maximum Gasteiger partial charge on any atom is 0.416 e. The summed E-state index contributed by atoms with van der Waals surface area (Å²) in [5.41, 5.74) is -1.06. The standard InChI is InChI=1S/C24H24F4N2O5/c25-20-13-18(35-17-7-3-15(4-8-17)23(33)34)9-10-19(20)22(32)30-12-11-29-21(31)14-1-5-16(6-2-14)24(26,27)28/h1-2,5-6,9-10,13,15,17H,3-4,7-8,11-12H2,(H,29,31)(H,30,32)(H,33,34). The van der Waals surface area contributed by atoms with Crippen molar-refractivity contribution in [1.29, 1.82) is 0 Å². The number of benzene rings is 2. The van der Waals surface area contributed by atoms with Crippen molar-refractivity contribution in [2.75, 3.05) is 13.1 Å². The zero-order chi connectivity index (χ0) is 25.6. The number of amides is 2. The van der Waals surface area contributed by atoms with Crippen molar-refractivity contribution >= 4 is 17.8 Å². The summed E-state index contributed by atoms with van der Waals surface area (Å²) in [6, 6.07) is 7.50. The second kappa shape index (κ2) is 11.2. The molecule has 0 aliphatic heterocycles. The zero-order valence-electron chi connectivity index (χ0n) is 18.5. The number of aliphatic carboxylic acids is 1. The average molecular weight is 496 g/mol. The Morgan fingerprint density at radius 1 is 0.914 bits per heavy atom. The van der Waals surface area contributed by atoms with Gasteiger partial charge < -0.3 is 20.5 Å². The van der Waals surface area contributed by atoms with Gasteiger partial charge in [-0.05, 0) is 62.1 Å². The fourth-order valence-electron chi connectivity index (χ4n) is 3.73. The van der Waals surface area contributed by atoms with Crippen LogP contribution < -0.4 is 15.4 Å². The third kappa shape index (κ3) is 7.17. The number of hydrogen-bond donors (Lipinski definition) is 3. The molecular formula is C24H24F4N2O5. The van der Waals surface area contributed by atoms with Gasteiger partial charge in [0.25, 0.3) is 11.8 Å². The molecule has 0 aromatic heterocycles. The van der Waals surface area contributed by atoms with E-state index in [1.165, 1.54) is 12.1 Å². The van der Waals surface area contributed by atoms with Crippen LogP contribution in [0.4, 0.5) is 17.6 Å². The Bertz CT molecular complexity index is 1060. The normalized spacial score (nSPS) is 17.9. The third-order valence-corrected chi connectivity index (χ3v) is 5.68. The number of carbonyl (C=O) groups excluding carboxylic acids is 2.